The molecule has 0 fully saturated rings. The molecule has 1 rings (SSSR count). The normalized spacial score (nSPS) is 11.0. The molecule has 0 heterocycles. The van der Waals surface area contributed by atoms with Gasteiger partial charge in [-0.25, -0.2) is 0 Å². The number of allylic oxidation sites excluding steroid dienone is 1. The van der Waals surface area contributed by atoms with Crippen molar-refractivity contribution in [3.63, 3.8) is 0 Å². The minimum absolute atomic E-state index is 0.196. The highest BCUT2D eigenvalue weighted by molar-refractivity contribution is 5.73. The van der Waals surface area contributed by atoms with Crippen LogP contribution in [0.3, 0.4) is 0 Å². The predicted octanol–water partition coefficient (Wildman–Crippen LogP) is 6.07. The van der Waals surface area contributed by atoms with E-state index in [1.54, 1.807) is 12.1 Å². The standard InChI is InChI=1S/C20H30O2/c1-2-3-4-5-6-7-8-9-10-11-15-18-20(21)22-19-16-13-12-14-17-19/h11-17H,2-10,18H2,1H3/b15-11+. The van der Waals surface area contributed by atoms with Crippen LogP contribution in [-0.4, -0.2) is 5.97 Å². The highest BCUT2D eigenvalue weighted by atomic mass is 16.5. The molecule has 0 aliphatic rings. The van der Waals surface area contributed by atoms with Crippen LogP contribution in [0.2, 0.25) is 0 Å². The van der Waals surface area contributed by atoms with Gasteiger partial charge in [-0.1, -0.05) is 82.2 Å². The number of para-hydroxylation sites is 1. The van der Waals surface area contributed by atoms with E-state index in [0.29, 0.717) is 12.2 Å². The first kappa shape index (κ1) is 18.5. The summed E-state index contributed by atoms with van der Waals surface area (Å²) in [5, 5.41) is 0. The molecule has 0 aliphatic heterocycles. The van der Waals surface area contributed by atoms with Gasteiger partial charge >= 0.3 is 5.97 Å². The summed E-state index contributed by atoms with van der Waals surface area (Å²) in [6.07, 6.45) is 16.1. The SMILES string of the molecule is CCCCCCCCCC/C=C/CC(=O)Oc1ccccc1. The van der Waals surface area contributed by atoms with Crippen molar-refractivity contribution in [1.82, 2.24) is 0 Å². The first-order valence-corrected chi connectivity index (χ1v) is 8.73. The van der Waals surface area contributed by atoms with Crippen molar-refractivity contribution >= 4 is 5.97 Å². The van der Waals surface area contributed by atoms with Crippen LogP contribution in [0.15, 0.2) is 42.5 Å². The van der Waals surface area contributed by atoms with Crippen molar-refractivity contribution in [3.05, 3.63) is 42.5 Å². The Morgan fingerprint density at radius 3 is 2.23 bits per heavy atom. The van der Waals surface area contributed by atoms with E-state index in [4.69, 9.17) is 4.74 Å². The molecule has 2 nitrogen and oxygen atoms in total. The fourth-order valence-electron chi connectivity index (χ4n) is 2.36. The van der Waals surface area contributed by atoms with E-state index in [1.165, 1.54) is 51.4 Å². The van der Waals surface area contributed by atoms with Crippen molar-refractivity contribution in [1.29, 1.82) is 0 Å². The molecule has 0 saturated carbocycles. The van der Waals surface area contributed by atoms with Crippen LogP contribution in [0.4, 0.5) is 0 Å². The molecule has 0 N–H and O–H groups in total. The summed E-state index contributed by atoms with van der Waals surface area (Å²) >= 11 is 0. The molecule has 0 saturated heterocycles. The molecular formula is C20H30O2. The smallest absolute Gasteiger partial charge is 0.315 e. The average Bonchev–Trinajstić information content (AvgIpc) is 2.53. The van der Waals surface area contributed by atoms with E-state index in [1.807, 2.05) is 24.3 Å². The lowest BCUT2D eigenvalue weighted by atomic mass is 10.1. The lowest BCUT2D eigenvalue weighted by molar-refractivity contribution is -0.133. The van der Waals surface area contributed by atoms with Crippen molar-refractivity contribution in [2.45, 2.75) is 71.1 Å². The number of unbranched alkanes of at least 4 members (excludes halogenated alkanes) is 8. The van der Waals surface area contributed by atoms with Gasteiger partial charge in [0.25, 0.3) is 0 Å². The van der Waals surface area contributed by atoms with Gasteiger partial charge in [0.2, 0.25) is 0 Å². The highest BCUT2D eigenvalue weighted by Crippen LogP contribution is 2.11. The van der Waals surface area contributed by atoms with Crippen molar-refractivity contribution in [2.75, 3.05) is 0 Å². The van der Waals surface area contributed by atoms with Gasteiger partial charge in [-0.3, -0.25) is 4.79 Å². The molecule has 0 unspecified atom stereocenters. The van der Waals surface area contributed by atoms with Crippen LogP contribution in [-0.2, 0) is 4.79 Å². The van der Waals surface area contributed by atoms with Crippen molar-refractivity contribution < 1.29 is 9.53 Å². The third-order valence-corrected chi connectivity index (χ3v) is 3.65. The Bertz CT molecular complexity index is 409. The highest BCUT2D eigenvalue weighted by Gasteiger charge is 2.00. The molecule has 0 amide bonds. The fourth-order valence-corrected chi connectivity index (χ4v) is 2.36. The summed E-state index contributed by atoms with van der Waals surface area (Å²) < 4.78 is 5.22. The topological polar surface area (TPSA) is 26.3 Å². The second-order valence-electron chi connectivity index (χ2n) is 5.73. The van der Waals surface area contributed by atoms with Crippen LogP contribution in [0.5, 0.6) is 5.75 Å². The van der Waals surface area contributed by atoms with E-state index in [0.717, 1.165) is 6.42 Å². The summed E-state index contributed by atoms with van der Waals surface area (Å²) in [7, 11) is 0. The number of hydrogen-bond donors (Lipinski definition) is 0. The Balaban J connectivity index is 1.94. The predicted molar refractivity (Wildman–Crippen MR) is 93.1 cm³/mol. The Labute approximate surface area is 135 Å². The third kappa shape index (κ3) is 10.2. The molecule has 2 heteroatoms. The van der Waals surface area contributed by atoms with Crippen LogP contribution in [0.1, 0.15) is 71.1 Å². The molecule has 1 aromatic carbocycles. The Kier molecular flexibility index (Phi) is 11.0. The van der Waals surface area contributed by atoms with Gasteiger partial charge in [0.1, 0.15) is 5.75 Å². The maximum atomic E-state index is 11.6. The molecule has 0 aromatic heterocycles. The minimum Gasteiger partial charge on any atom is -0.426 e. The number of esters is 1. The molecular weight excluding hydrogens is 272 g/mol. The third-order valence-electron chi connectivity index (χ3n) is 3.65. The van der Waals surface area contributed by atoms with E-state index in [9.17, 15) is 4.79 Å². The summed E-state index contributed by atoms with van der Waals surface area (Å²) in [5.41, 5.74) is 0. The number of ether oxygens (including phenoxy) is 1. The molecule has 0 atom stereocenters. The maximum absolute atomic E-state index is 11.6. The molecule has 0 aliphatic carbocycles. The van der Waals surface area contributed by atoms with Gasteiger partial charge in [-0.2, -0.15) is 0 Å². The first-order chi connectivity index (χ1) is 10.8. The second-order valence-corrected chi connectivity index (χ2v) is 5.73. The lowest BCUT2D eigenvalue weighted by Gasteiger charge is -2.01. The molecule has 0 radical (unpaired) electrons. The van der Waals surface area contributed by atoms with Crippen molar-refractivity contribution in [2.24, 2.45) is 0 Å². The Morgan fingerprint density at radius 1 is 0.909 bits per heavy atom. The van der Waals surface area contributed by atoms with E-state index in [2.05, 4.69) is 13.0 Å². The van der Waals surface area contributed by atoms with Gasteiger partial charge in [0.05, 0.1) is 6.42 Å². The lowest BCUT2D eigenvalue weighted by Crippen LogP contribution is -2.05. The quantitative estimate of drug-likeness (QED) is 0.203. The number of carbonyl (C=O) groups is 1. The summed E-state index contributed by atoms with van der Waals surface area (Å²) in [6.45, 7) is 2.25. The van der Waals surface area contributed by atoms with Crippen LogP contribution >= 0.6 is 0 Å². The summed E-state index contributed by atoms with van der Waals surface area (Å²) in [6, 6.07) is 9.21. The summed E-state index contributed by atoms with van der Waals surface area (Å²) in [4.78, 5) is 11.6. The zero-order chi connectivity index (χ0) is 15.9. The van der Waals surface area contributed by atoms with Gasteiger partial charge in [-0.15, -0.1) is 0 Å². The largest absolute Gasteiger partial charge is 0.426 e. The minimum atomic E-state index is -0.196. The van der Waals surface area contributed by atoms with E-state index >= 15 is 0 Å². The van der Waals surface area contributed by atoms with Crippen LogP contribution in [0, 0.1) is 0 Å². The number of rotatable bonds is 12. The Hall–Kier alpha value is -1.57. The molecule has 22 heavy (non-hydrogen) atoms. The summed E-state index contributed by atoms with van der Waals surface area (Å²) in [5.74, 6) is 0.419. The average molecular weight is 302 g/mol. The van der Waals surface area contributed by atoms with Crippen LogP contribution < -0.4 is 4.74 Å². The van der Waals surface area contributed by atoms with E-state index in [-0.39, 0.29) is 5.97 Å². The van der Waals surface area contributed by atoms with Gasteiger partial charge in [0, 0.05) is 0 Å². The number of carbonyl (C=O) groups excluding carboxylic acids is 1. The second kappa shape index (κ2) is 13.1. The van der Waals surface area contributed by atoms with Gasteiger partial charge < -0.3 is 4.74 Å². The Morgan fingerprint density at radius 2 is 1.55 bits per heavy atom. The van der Waals surface area contributed by atoms with E-state index < -0.39 is 0 Å². The monoisotopic (exact) mass is 302 g/mol. The zero-order valence-electron chi connectivity index (χ0n) is 13.9. The number of benzene rings is 1. The van der Waals surface area contributed by atoms with Gasteiger partial charge in [-0.05, 0) is 25.0 Å². The zero-order valence-corrected chi connectivity index (χ0v) is 13.9. The maximum Gasteiger partial charge on any atom is 0.315 e. The number of hydrogen-bond acceptors (Lipinski definition) is 2. The van der Waals surface area contributed by atoms with Gasteiger partial charge in [0.15, 0.2) is 0 Å². The fraction of sp³-hybridized carbons (Fsp3) is 0.550. The molecule has 1 aromatic rings. The molecule has 0 spiro atoms. The molecule has 122 valence electrons. The first-order valence-electron chi connectivity index (χ1n) is 8.73. The van der Waals surface area contributed by atoms with Crippen molar-refractivity contribution in [3.8, 4) is 5.75 Å². The molecule has 0 bridgehead atoms. The van der Waals surface area contributed by atoms with Crippen LogP contribution in [0.25, 0.3) is 0 Å².